The molecule has 302 valence electrons. The van der Waals surface area contributed by atoms with E-state index in [4.69, 9.17) is 32.7 Å². The number of amides is 1. The normalized spacial score (nSPS) is 10.9. The van der Waals surface area contributed by atoms with Gasteiger partial charge in [-0.05, 0) is 61.6 Å². The molecule has 0 aliphatic carbocycles. The van der Waals surface area contributed by atoms with Gasteiger partial charge in [0, 0.05) is 25.6 Å². The minimum atomic E-state index is -0.878. The fraction of sp³-hybridized carbons (Fsp3) is 0.486. The summed E-state index contributed by atoms with van der Waals surface area (Å²) in [6, 6.07) is 15.4. The number of hydrazone groups is 1. The third kappa shape index (κ3) is 17.4. The number of ether oxygens (including phenoxy) is 3. The minimum absolute atomic E-state index is 0.0122. The van der Waals surface area contributed by atoms with Crippen LogP contribution < -0.4 is 11.6 Å². The second-order valence-corrected chi connectivity index (χ2v) is 12.1. The molecule has 2 aromatic carbocycles. The average molecular weight is 793 g/mol. The third-order valence-corrected chi connectivity index (χ3v) is 8.03. The number of aryl methyl sites for hydroxylation is 1. The van der Waals surface area contributed by atoms with Gasteiger partial charge in [0.25, 0.3) is 16.6 Å². The number of nitrogens with two attached hydrogens (primary N) is 2. The Bertz CT molecular complexity index is 1660. The summed E-state index contributed by atoms with van der Waals surface area (Å²) in [7, 11) is 1.64. The molecule has 0 radical (unpaired) electrons. The summed E-state index contributed by atoms with van der Waals surface area (Å²) in [5, 5.41) is 23.2. The number of hydrazine groups is 1. The Balaban J connectivity index is 0.000000748. The van der Waals surface area contributed by atoms with Gasteiger partial charge in [-0.15, -0.1) is 30.4 Å². The average Bonchev–Trinajstić information content (AvgIpc) is 3.45. The van der Waals surface area contributed by atoms with E-state index in [1.807, 2.05) is 42.5 Å². The van der Waals surface area contributed by atoms with Crippen molar-refractivity contribution in [3.05, 3.63) is 96.6 Å². The number of rotatable bonds is 25. The molecule has 0 bridgehead atoms. The maximum absolute atomic E-state index is 12.3. The highest BCUT2D eigenvalue weighted by Gasteiger charge is 2.17. The van der Waals surface area contributed by atoms with Gasteiger partial charge in [0.05, 0.1) is 38.7 Å². The Morgan fingerprint density at radius 3 is 2.16 bits per heavy atom. The molecule has 3 rings (SSSR count). The van der Waals surface area contributed by atoms with Crippen LogP contribution in [0.1, 0.15) is 80.9 Å². The number of aromatic nitrogens is 2. The molecule has 20 heteroatoms. The molecule has 19 nitrogen and oxygen atoms in total. The fourth-order valence-corrected chi connectivity index (χ4v) is 5.28. The van der Waals surface area contributed by atoms with E-state index < -0.39 is 16.3 Å². The van der Waals surface area contributed by atoms with E-state index in [0.717, 1.165) is 53.9 Å². The van der Waals surface area contributed by atoms with Crippen LogP contribution in [-0.2, 0) is 48.3 Å². The highest BCUT2D eigenvalue weighted by molar-refractivity contribution is 6.30. The zero-order valence-corrected chi connectivity index (χ0v) is 31.8. The van der Waals surface area contributed by atoms with E-state index in [1.54, 1.807) is 13.2 Å². The third-order valence-electron chi connectivity index (χ3n) is 7.73. The lowest BCUT2D eigenvalue weighted by atomic mass is 9.98. The number of methoxy groups -OCH3 is 1. The maximum atomic E-state index is 12.3. The topological polar surface area (TPSA) is 252 Å². The largest absolute Gasteiger partial charge is 0.468 e. The van der Waals surface area contributed by atoms with Crippen molar-refractivity contribution in [1.29, 1.82) is 0 Å². The summed E-state index contributed by atoms with van der Waals surface area (Å²) in [5.41, 5.74) is 10.5. The molecule has 1 aromatic heterocycles. The number of hydrogen-bond acceptors (Lipinski definition) is 14. The van der Waals surface area contributed by atoms with Crippen LogP contribution in [0.4, 0.5) is 4.79 Å². The predicted octanol–water partition coefficient (Wildman–Crippen LogP) is 5.59. The maximum Gasteiger partial charge on any atom is 0.445 e. The second kappa shape index (κ2) is 26.3. The van der Waals surface area contributed by atoms with Crippen LogP contribution in [0.3, 0.4) is 0 Å². The first-order chi connectivity index (χ1) is 26.5. The molecule has 3 aromatic rings. The molecule has 0 aliphatic rings. The lowest BCUT2D eigenvalue weighted by molar-refractivity contribution is -0.757. The van der Waals surface area contributed by atoms with Gasteiger partial charge in [-0.1, -0.05) is 73.5 Å². The molecular weight excluding hydrogens is 744 g/mol. The van der Waals surface area contributed by atoms with Crippen molar-refractivity contribution in [2.45, 2.75) is 77.9 Å². The highest BCUT2D eigenvalue weighted by Crippen LogP contribution is 2.26. The number of halogens is 1. The van der Waals surface area contributed by atoms with Gasteiger partial charge in [0.2, 0.25) is 0 Å². The van der Waals surface area contributed by atoms with Crippen molar-refractivity contribution in [2.24, 2.45) is 16.7 Å². The number of amidine groups is 1. The van der Waals surface area contributed by atoms with E-state index >= 15 is 0 Å². The van der Waals surface area contributed by atoms with E-state index in [0.29, 0.717) is 74.2 Å². The molecule has 1 heterocycles. The Morgan fingerprint density at radius 1 is 0.945 bits per heavy atom. The first-order valence-corrected chi connectivity index (χ1v) is 18.0. The van der Waals surface area contributed by atoms with Crippen molar-refractivity contribution in [3.63, 3.8) is 0 Å². The molecule has 0 aliphatic heterocycles. The Hall–Kier alpha value is -5.53. The van der Waals surface area contributed by atoms with Gasteiger partial charge in [-0.3, -0.25) is 4.79 Å². The smallest absolute Gasteiger partial charge is 0.445 e. The molecule has 0 saturated carbocycles. The first kappa shape index (κ1) is 45.6. The summed E-state index contributed by atoms with van der Waals surface area (Å²) in [6.45, 7) is 4.02. The van der Waals surface area contributed by atoms with Crippen LogP contribution in [0.15, 0.2) is 53.6 Å². The van der Waals surface area contributed by atoms with Crippen molar-refractivity contribution < 1.29 is 43.6 Å². The lowest BCUT2D eigenvalue weighted by Gasteiger charge is -2.15. The van der Waals surface area contributed by atoms with Crippen molar-refractivity contribution in [3.8, 4) is 11.1 Å². The predicted molar refractivity (Wildman–Crippen MR) is 201 cm³/mol. The SMILES string of the molecule is CCCCc1nc(Cl)c(COC)n1Cc1ccc(-c2ccccc2/C(N)=N/N(N)C(=O)OCCCCCO[N+](=O)[O-])cc1.O=COCCCCCO[N+](=O)[O-]. The summed E-state index contributed by atoms with van der Waals surface area (Å²) >= 11 is 6.44. The van der Waals surface area contributed by atoms with Gasteiger partial charge in [-0.2, -0.15) is 0 Å². The number of nitrogens with zero attached hydrogens (tertiary/aromatic N) is 6. The van der Waals surface area contributed by atoms with Crippen LogP contribution in [0, 0.1) is 20.2 Å². The van der Waals surface area contributed by atoms with Crippen LogP contribution in [0.25, 0.3) is 11.1 Å². The summed E-state index contributed by atoms with van der Waals surface area (Å²) in [6.07, 6.45) is 5.60. The van der Waals surface area contributed by atoms with Gasteiger partial charge in [0.15, 0.2) is 11.0 Å². The van der Waals surface area contributed by atoms with Crippen LogP contribution >= 0.6 is 11.6 Å². The molecule has 55 heavy (non-hydrogen) atoms. The minimum Gasteiger partial charge on any atom is -0.468 e. The van der Waals surface area contributed by atoms with E-state index in [9.17, 15) is 29.8 Å². The van der Waals surface area contributed by atoms with Crippen LogP contribution in [0.5, 0.6) is 0 Å². The summed E-state index contributed by atoms with van der Waals surface area (Å²) < 4.78 is 17.0. The molecular formula is C35H49ClN8O11. The summed E-state index contributed by atoms with van der Waals surface area (Å²) in [4.78, 5) is 54.6. The second-order valence-electron chi connectivity index (χ2n) is 11.8. The van der Waals surface area contributed by atoms with Gasteiger partial charge >= 0.3 is 6.09 Å². The number of imidazole rings is 1. The van der Waals surface area contributed by atoms with Crippen molar-refractivity contribution >= 4 is 30.0 Å². The van der Waals surface area contributed by atoms with Crippen molar-refractivity contribution in [1.82, 2.24) is 14.7 Å². The Kier molecular flexibility index (Phi) is 21.8. The van der Waals surface area contributed by atoms with E-state index in [-0.39, 0.29) is 25.7 Å². The lowest BCUT2D eigenvalue weighted by Crippen LogP contribution is -2.36. The van der Waals surface area contributed by atoms with Gasteiger partial charge in [0.1, 0.15) is 5.82 Å². The number of unbranched alkanes of at least 4 members (excludes halogenated alkanes) is 5. The van der Waals surface area contributed by atoms with Crippen molar-refractivity contribution in [2.75, 3.05) is 33.5 Å². The number of hydrogen-bond donors (Lipinski definition) is 2. The number of carbonyl (C=O) groups is 2. The van der Waals surface area contributed by atoms with Crippen LogP contribution in [0.2, 0.25) is 5.15 Å². The standard InChI is InChI=1S/C29H38ClN7O6.C6H11NO5/c1-3-4-12-26-33-27(30)25(20-41-2)35(26)19-21-13-15-22(16-14-21)23-10-6-7-11-24(23)28(31)34-36(32)29(38)42-17-8-5-9-18-43-37(39)40;8-6-11-4-2-1-3-5-12-7(9)10/h6-7,10-11,13-16H,3-5,8-9,12,17-20,32H2,1-2H3,(H2,31,34);6H,1-5H2. The molecule has 1 amide bonds. The fourth-order valence-electron chi connectivity index (χ4n) is 5.03. The number of benzene rings is 2. The zero-order chi connectivity index (χ0) is 40.4. The monoisotopic (exact) mass is 792 g/mol. The summed E-state index contributed by atoms with van der Waals surface area (Å²) in [5.74, 6) is 6.75. The Labute approximate surface area is 323 Å². The number of carbonyl (C=O) groups excluding carboxylic acids is 2. The molecule has 0 fully saturated rings. The van der Waals surface area contributed by atoms with Crippen LogP contribution in [-0.4, -0.2) is 76.8 Å². The highest BCUT2D eigenvalue weighted by atomic mass is 35.5. The van der Waals surface area contributed by atoms with Gasteiger partial charge in [-0.25, -0.2) is 15.6 Å². The molecule has 0 atom stereocenters. The van der Waals surface area contributed by atoms with E-state index in [2.05, 4.69) is 36.0 Å². The molecule has 0 spiro atoms. The molecule has 4 N–H and O–H groups in total. The van der Waals surface area contributed by atoms with Gasteiger partial charge < -0.3 is 34.2 Å². The first-order valence-electron chi connectivity index (χ1n) is 17.6. The Morgan fingerprint density at radius 2 is 1.56 bits per heavy atom. The molecule has 0 saturated heterocycles. The van der Waals surface area contributed by atoms with E-state index in [1.165, 1.54) is 0 Å². The zero-order valence-electron chi connectivity index (χ0n) is 31.0. The quantitative estimate of drug-likeness (QED) is 0.0155. The molecule has 0 unspecified atom stereocenters.